The molecule has 41 heavy (non-hydrogen) atoms. The van der Waals surface area contributed by atoms with Crippen LogP contribution in [-0.2, 0) is 30.9 Å². The molecule has 6 heteroatoms. The van der Waals surface area contributed by atoms with Crippen LogP contribution in [0.1, 0.15) is 51.2 Å². The van der Waals surface area contributed by atoms with E-state index in [1.54, 1.807) is 7.11 Å². The average molecular weight is 574 g/mol. The van der Waals surface area contributed by atoms with Gasteiger partial charge in [-0.3, -0.25) is 4.79 Å². The normalized spacial score (nSPS) is 20.5. The van der Waals surface area contributed by atoms with Gasteiger partial charge in [0.15, 0.2) is 0 Å². The fraction of sp³-hybridized carbons (Fsp3) is 0.429. The Balaban J connectivity index is 1.60. The highest BCUT2D eigenvalue weighted by molar-refractivity contribution is 8.00. The number of carbonyl (C=O) groups is 2. The Hall–Kier alpha value is -3.09. The lowest BCUT2D eigenvalue weighted by Crippen LogP contribution is -2.52. The Morgan fingerprint density at radius 2 is 1.54 bits per heavy atom. The Morgan fingerprint density at radius 1 is 0.927 bits per heavy atom. The summed E-state index contributed by atoms with van der Waals surface area (Å²) in [5.41, 5.74) is 2.35. The molecule has 0 radical (unpaired) electrons. The second-order valence-electron chi connectivity index (χ2n) is 11.6. The highest BCUT2D eigenvalue weighted by Gasteiger charge is 2.44. The minimum Gasteiger partial charge on any atom is -0.460 e. The number of esters is 1. The van der Waals surface area contributed by atoms with Crippen LogP contribution in [0.25, 0.3) is 0 Å². The molecule has 4 rings (SSSR count). The van der Waals surface area contributed by atoms with Crippen molar-refractivity contribution < 1.29 is 19.1 Å². The number of carbonyl (C=O) groups excluding carboxylic acids is 2. The van der Waals surface area contributed by atoms with Gasteiger partial charge in [0.1, 0.15) is 12.1 Å². The van der Waals surface area contributed by atoms with E-state index in [4.69, 9.17) is 9.47 Å². The number of hydrogen-bond acceptors (Lipinski definition) is 5. The zero-order valence-electron chi connectivity index (χ0n) is 24.6. The molecule has 0 unspecified atom stereocenters. The van der Waals surface area contributed by atoms with E-state index in [1.807, 2.05) is 42.5 Å². The van der Waals surface area contributed by atoms with Gasteiger partial charge in [-0.15, -0.1) is 11.8 Å². The first-order valence-electron chi connectivity index (χ1n) is 14.6. The molecule has 0 aromatic heterocycles. The van der Waals surface area contributed by atoms with E-state index in [-0.39, 0.29) is 28.6 Å². The van der Waals surface area contributed by atoms with Crippen LogP contribution in [0.3, 0.4) is 0 Å². The standard InChI is InChI=1S/C35H43NO4S/c1-25(37)36-33(32(24-39-4)41-29-18-12-7-13-19-29)34(38)40-31-23-27(22-26-14-8-5-9-15-26)20-21-30(31)35(2,3)28-16-10-6-11-17-28/h5-19,27,30-33H,20-24H2,1-4H3,(H,36,37)/t27-,30+,31+,32+,33-/m0/s1. The third kappa shape index (κ3) is 8.46. The van der Waals surface area contributed by atoms with Crippen molar-refractivity contribution in [1.29, 1.82) is 0 Å². The molecular weight excluding hydrogens is 530 g/mol. The lowest BCUT2D eigenvalue weighted by Gasteiger charge is -2.45. The smallest absolute Gasteiger partial charge is 0.330 e. The van der Waals surface area contributed by atoms with Crippen molar-refractivity contribution in [2.45, 2.75) is 74.2 Å². The van der Waals surface area contributed by atoms with Crippen molar-refractivity contribution in [2.75, 3.05) is 13.7 Å². The molecule has 0 heterocycles. The molecule has 1 aliphatic carbocycles. The summed E-state index contributed by atoms with van der Waals surface area (Å²) in [4.78, 5) is 27.3. The molecule has 0 bridgehead atoms. The predicted molar refractivity (Wildman–Crippen MR) is 166 cm³/mol. The average Bonchev–Trinajstić information content (AvgIpc) is 2.97. The van der Waals surface area contributed by atoms with Crippen LogP contribution in [0.5, 0.6) is 0 Å². The topological polar surface area (TPSA) is 64.6 Å². The zero-order chi connectivity index (χ0) is 29.2. The monoisotopic (exact) mass is 573 g/mol. The summed E-state index contributed by atoms with van der Waals surface area (Å²) in [6.45, 7) is 6.25. The Kier molecular flexibility index (Phi) is 11.1. The number of benzene rings is 3. The van der Waals surface area contributed by atoms with Crippen molar-refractivity contribution in [3.05, 3.63) is 102 Å². The van der Waals surface area contributed by atoms with Crippen molar-refractivity contribution in [3.63, 3.8) is 0 Å². The van der Waals surface area contributed by atoms with Gasteiger partial charge >= 0.3 is 5.97 Å². The molecule has 5 nitrogen and oxygen atoms in total. The summed E-state index contributed by atoms with van der Waals surface area (Å²) < 4.78 is 12.0. The van der Waals surface area contributed by atoms with E-state index >= 15 is 0 Å². The summed E-state index contributed by atoms with van der Waals surface area (Å²) in [6, 6.07) is 30.1. The van der Waals surface area contributed by atoms with Gasteiger partial charge in [0.25, 0.3) is 0 Å². The van der Waals surface area contributed by atoms with Gasteiger partial charge in [0, 0.05) is 24.8 Å². The molecule has 218 valence electrons. The summed E-state index contributed by atoms with van der Waals surface area (Å²) in [5.74, 6) is -0.120. The number of ether oxygens (including phenoxy) is 2. The van der Waals surface area contributed by atoms with E-state index in [2.05, 4.69) is 67.7 Å². The Bertz CT molecular complexity index is 1230. The maximum Gasteiger partial charge on any atom is 0.330 e. The van der Waals surface area contributed by atoms with Gasteiger partial charge in [-0.1, -0.05) is 92.7 Å². The lowest BCUT2D eigenvalue weighted by atomic mass is 9.63. The van der Waals surface area contributed by atoms with Gasteiger partial charge < -0.3 is 14.8 Å². The number of thioether (sulfide) groups is 1. The van der Waals surface area contributed by atoms with Crippen LogP contribution < -0.4 is 5.32 Å². The van der Waals surface area contributed by atoms with Gasteiger partial charge in [0.05, 0.1) is 11.9 Å². The highest BCUT2D eigenvalue weighted by atomic mass is 32.2. The SMILES string of the molecule is COC[C@@H](Sc1ccccc1)[C@H](NC(C)=O)C(=O)O[C@@H]1C[C@H](Cc2ccccc2)CC[C@H]1C(C)(C)c1ccccc1. The van der Waals surface area contributed by atoms with Crippen LogP contribution in [0.2, 0.25) is 0 Å². The Morgan fingerprint density at radius 3 is 2.15 bits per heavy atom. The molecule has 0 spiro atoms. The van der Waals surface area contributed by atoms with E-state index in [0.29, 0.717) is 12.5 Å². The van der Waals surface area contributed by atoms with Crippen molar-refractivity contribution >= 4 is 23.6 Å². The number of hydrogen-bond donors (Lipinski definition) is 1. The van der Waals surface area contributed by atoms with Gasteiger partial charge in [-0.05, 0) is 60.3 Å². The molecule has 1 saturated carbocycles. The number of methoxy groups -OCH3 is 1. The van der Waals surface area contributed by atoms with E-state index < -0.39 is 12.0 Å². The van der Waals surface area contributed by atoms with E-state index in [9.17, 15) is 9.59 Å². The minimum absolute atomic E-state index is 0.140. The number of amides is 1. The minimum atomic E-state index is -0.840. The molecule has 3 aromatic carbocycles. The molecule has 1 aliphatic rings. The first-order chi connectivity index (χ1) is 19.8. The maximum absolute atomic E-state index is 14.0. The second kappa shape index (κ2) is 14.7. The summed E-state index contributed by atoms with van der Waals surface area (Å²) >= 11 is 1.52. The largest absolute Gasteiger partial charge is 0.460 e. The van der Waals surface area contributed by atoms with Crippen molar-refractivity contribution in [1.82, 2.24) is 5.32 Å². The summed E-state index contributed by atoms with van der Waals surface area (Å²) in [6.07, 6.45) is 3.51. The zero-order valence-corrected chi connectivity index (χ0v) is 25.4. The summed E-state index contributed by atoms with van der Waals surface area (Å²) in [7, 11) is 1.61. The van der Waals surface area contributed by atoms with Crippen LogP contribution >= 0.6 is 11.8 Å². The van der Waals surface area contributed by atoms with Crippen molar-refractivity contribution in [2.24, 2.45) is 11.8 Å². The molecule has 1 N–H and O–H groups in total. The van der Waals surface area contributed by atoms with Crippen LogP contribution in [0.15, 0.2) is 95.9 Å². The third-order valence-electron chi connectivity index (χ3n) is 8.33. The quantitative estimate of drug-likeness (QED) is 0.190. The van der Waals surface area contributed by atoms with Crippen molar-refractivity contribution in [3.8, 4) is 0 Å². The number of nitrogens with one attached hydrogen (secondary N) is 1. The fourth-order valence-electron chi connectivity index (χ4n) is 6.16. The number of rotatable bonds is 12. The molecule has 1 fully saturated rings. The Labute approximate surface area is 249 Å². The maximum atomic E-state index is 14.0. The van der Waals surface area contributed by atoms with Crippen LogP contribution in [0, 0.1) is 11.8 Å². The first kappa shape index (κ1) is 30.9. The molecule has 1 amide bonds. The molecule has 0 saturated heterocycles. The fourth-order valence-corrected chi connectivity index (χ4v) is 7.35. The predicted octanol–water partition coefficient (Wildman–Crippen LogP) is 6.85. The molecular formula is C35H43NO4S. The lowest BCUT2D eigenvalue weighted by molar-refractivity contribution is -0.160. The molecule has 0 aliphatic heterocycles. The first-order valence-corrected chi connectivity index (χ1v) is 15.4. The van der Waals surface area contributed by atoms with Gasteiger partial charge in [0.2, 0.25) is 5.91 Å². The van der Waals surface area contributed by atoms with Gasteiger partial charge in [-0.25, -0.2) is 4.79 Å². The highest BCUT2D eigenvalue weighted by Crippen LogP contribution is 2.44. The van der Waals surface area contributed by atoms with E-state index in [0.717, 1.165) is 30.6 Å². The van der Waals surface area contributed by atoms with Crippen LogP contribution in [-0.4, -0.2) is 43.0 Å². The van der Waals surface area contributed by atoms with Gasteiger partial charge in [-0.2, -0.15) is 0 Å². The third-order valence-corrected chi connectivity index (χ3v) is 9.58. The van der Waals surface area contributed by atoms with E-state index in [1.165, 1.54) is 29.8 Å². The van der Waals surface area contributed by atoms with Crippen LogP contribution in [0.4, 0.5) is 0 Å². The molecule has 3 aromatic rings. The summed E-state index contributed by atoms with van der Waals surface area (Å²) in [5, 5.41) is 2.55. The second-order valence-corrected chi connectivity index (χ2v) is 13.0. The molecule has 5 atom stereocenters.